The minimum Gasteiger partial charge on any atom is -0.508 e. The van der Waals surface area contributed by atoms with E-state index in [0.29, 0.717) is 5.69 Å². The first kappa shape index (κ1) is 17.9. The van der Waals surface area contributed by atoms with E-state index < -0.39 is 0 Å². The van der Waals surface area contributed by atoms with Crippen LogP contribution in [0.3, 0.4) is 0 Å². The van der Waals surface area contributed by atoms with Crippen molar-refractivity contribution in [3.8, 4) is 5.75 Å². The van der Waals surface area contributed by atoms with Gasteiger partial charge in [0.2, 0.25) is 11.8 Å². The zero-order valence-corrected chi connectivity index (χ0v) is 14.9. The molecule has 0 aromatic heterocycles. The van der Waals surface area contributed by atoms with Crippen LogP contribution in [-0.2, 0) is 9.59 Å². The molecule has 0 heterocycles. The van der Waals surface area contributed by atoms with Crippen LogP contribution in [0.4, 0.5) is 5.69 Å². The van der Waals surface area contributed by atoms with Crippen LogP contribution in [0.2, 0.25) is 0 Å². The molecule has 0 fully saturated rings. The number of aromatic hydroxyl groups is 1. The number of nitrogens with one attached hydrogen (secondary N) is 2. The molecule has 2 amide bonds. The van der Waals surface area contributed by atoms with Gasteiger partial charge in [-0.25, -0.2) is 5.43 Å². The summed E-state index contributed by atoms with van der Waals surface area (Å²) in [5.41, 5.74) is 3.80. The number of carbonyl (C=O) groups excluding carboxylic acids is 2. The Hall–Kier alpha value is -2.42. The maximum atomic E-state index is 11.8. The average Bonchev–Trinajstić information content (AvgIpc) is 2.57. The normalized spacial score (nSPS) is 10.5. The van der Waals surface area contributed by atoms with Crippen LogP contribution in [0, 0.1) is 3.57 Å². The largest absolute Gasteiger partial charge is 0.508 e. The third-order valence-electron chi connectivity index (χ3n) is 3.00. The fraction of sp³-hybridized carbons (Fsp3) is 0.118. The quantitative estimate of drug-likeness (QED) is 0.369. The summed E-state index contributed by atoms with van der Waals surface area (Å²) in [6.45, 7) is 0. The van der Waals surface area contributed by atoms with Crippen molar-refractivity contribution in [2.24, 2.45) is 5.10 Å². The first-order valence-corrected chi connectivity index (χ1v) is 8.27. The second-order valence-corrected chi connectivity index (χ2v) is 6.19. The second kappa shape index (κ2) is 9.02. The molecule has 0 saturated carbocycles. The summed E-state index contributed by atoms with van der Waals surface area (Å²) < 4.78 is 1.08. The number of carbonyl (C=O) groups is 2. The Morgan fingerprint density at radius 1 is 1.00 bits per heavy atom. The average molecular weight is 437 g/mol. The first-order valence-electron chi connectivity index (χ1n) is 7.19. The third kappa shape index (κ3) is 6.37. The molecule has 0 saturated heterocycles. The predicted octanol–water partition coefficient (Wildman–Crippen LogP) is 2.87. The van der Waals surface area contributed by atoms with Gasteiger partial charge in [-0.2, -0.15) is 5.10 Å². The molecule has 2 aromatic rings. The molecule has 2 rings (SSSR count). The number of rotatable bonds is 6. The SMILES string of the molecule is O=C(CCC(=O)Nc1ccc(I)cc1)N/N=C/c1ccc(O)cc1. The Bertz CT molecular complexity index is 728. The number of halogens is 1. The minimum atomic E-state index is -0.345. The summed E-state index contributed by atoms with van der Waals surface area (Å²) in [6.07, 6.45) is 1.58. The lowest BCUT2D eigenvalue weighted by atomic mass is 10.2. The number of hydrogen-bond donors (Lipinski definition) is 3. The van der Waals surface area contributed by atoms with Gasteiger partial charge in [-0.3, -0.25) is 9.59 Å². The zero-order chi connectivity index (χ0) is 17.4. The zero-order valence-electron chi connectivity index (χ0n) is 12.7. The number of anilines is 1. The van der Waals surface area contributed by atoms with Gasteiger partial charge in [-0.15, -0.1) is 0 Å². The molecule has 2 aromatic carbocycles. The Morgan fingerprint density at radius 3 is 2.29 bits per heavy atom. The number of phenolic OH excluding ortho intramolecular Hbond substituents is 1. The molecule has 6 nitrogen and oxygen atoms in total. The van der Waals surface area contributed by atoms with Crippen LogP contribution in [0.5, 0.6) is 5.75 Å². The lowest BCUT2D eigenvalue weighted by Crippen LogP contribution is -2.20. The lowest BCUT2D eigenvalue weighted by molar-refractivity contribution is -0.124. The number of amides is 2. The first-order chi connectivity index (χ1) is 11.5. The summed E-state index contributed by atoms with van der Waals surface area (Å²) in [5.74, 6) is -0.410. The van der Waals surface area contributed by atoms with Crippen LogP contribution < -0.4 is 10.7 Å². The van der Waals surface area contributed by atoms with Crippen molar-refractivity contribution in [3.05, 3.63) is 57.7 Å². The summed E-state index contributed by atoms with van der Waals surface area (Å²) in [7, 11) is 0. The van der Waals surface area contributed by atoms with Crippen molar-refractivity contribution in [1.82, 2.24) is 5.43 Å². The third-order valence-corrected chi connectivity index (χ3v) is 3.72. The predicted molar refractivity (Wildman–Crippen MR) is 101 cm³/mol. The van der Waals surface area contributed by atoms with E-state index in [-0.39, 0.29) is 30.4 Å². The van der Waals surface area contributed by atoms with Crippen LogP contribution in [0.15, 0.2) is 53.6 Å². The van der Waals surface area contributed by atoms with Gasteiger partial charge in [-0.1, -0.05) is 0 Å². The molecule has 124 valence electrons. The van der Waals surface area contributed by atoms with Crippen LogP contribution in [-0.4, -0.2) is 23.1 Å². The second-order valence-electron chi connectivity index (χ2n) is 4.94. The highest BCUT2D eigenvalue weighted by Crippen LogP contribution is 2.11. The van der Waals surface area contributed by atoms with Crippen molar-refractivity contribution in [2.75, 3.05) is 5.32 Å². The van der Waals surface area contributed by atoms with E-state index in [4.69, 9.17) is 5.11 Å². The summed E-state index contributed by atoms with van der Waals surface area (Å²) >= 11 is 2.18. The van der Waals surface area contributed by atoms with Crippen LogP contribution in [0.1, 0.15) is 18.4 Å². The molecule has 7 heteroatoms. The molecule has 0 spiro atoms. The minimum absolute atomic E-state index is 0.0448. The van der Waals surface area contributed by atoms with E-state index in [1.54, 1.807) is 12.1 Å². The molecule has 0 aliphatic rings. The van der Waals surface area contributed by atoms with Crippen molar-refractivity contribution >= 4 is 46.3 Å². The van der Waals surface area contributed by atoms with E-state index in [1.165, 1.54) is 18.3 Å². The fourth-order valence-corrected chi connectivity index (χ4v) is 2.14. The highest BCUT2D eigenvalue weighted by Gasteiger charge is 2.06. The molecular formula is C17H16IN3O3. The standard InChI is InChI=1S/C17H16IN3O3/c18-13-3-5-14(6-4-13)20-16(23)9-10-17(24)21-19-11-12-1-7-15(22)8-2-12/h1-8,11,22H,9-10H2,(H,20,23)(H,21,24)/b19-11+. The van der Waals surface area contributed by atoms with E-state index in [1.807, 2.05) is 24.3 Å². The van der Waals surface area contributed by atoms with Crippen LogP contribution in [0.25, 0.3) is 0 Å². The smallest absolute Gasteiger partial charge is 0.240 e. The van der Waals surface area contributed by atoms with Crippen molar-refractivity contribution in [2.45, 2.75) is 12.8 Å². The number of benzene rings is 2. The van der Waals surface area contributed by atoms with Gasteiger partial charge in [0, 0.05) is 22.1 Å². The number of hydrogen-bond acceptors (Lipinski definition) is 4. The monoisotopic (exact) mass is 437 g/mol. The van der Waals surface area contributed by atoms with Gasteiger partial charge in [0.15, 0.2) is 0 Å². The molecule has 0 atom stereocenters. The number of phenols is 1. The van der Waals surface area contributed by atoms with Crippen molar-refractivity contribution < 1.29 is 14.7 Å². The van der Waals surface area contributed by atoms with Crippen molar-refractivity contribution in [1.29, 1.82) is 0 Å². The summed E-state index contributed by atoms with van der Waals surface area (Å²) in [6, 6.07) is 13.8. The number of nitrogens with zero attached hydrogens (tertiary/aromatic N) is 1. The van der Waals surface area contributed by atoms with Gasteiger partial charge < -0.3 is 10.4 Å². The maximum Gasteiger partial charge on any atom is 0.240 e. The molecule has 0 aliphatic carbocycles. The highest BCUT2D eigenvalue weighted by atomic mass is 127. The fourth-order valence-electron chi connectivity index (χ4n) is 1.78. The Balaban J connectivity index is 1.71. The molecule has 0 unspecified atom stereocenters. The van der Waals surface area contributed by atoms with Gasteiger partial charge in [0.1, 0.15) is 5.75 Å². The lowest BCUT2D eigenvalue weighted by Gasteiger charge is -2.04. The summed E-state index contributed by atoms with van der Waals surface area (Å²) in [5, 5.41) is 15.7. The van der Waals surface area contributed by atoms with E-state index in [9.17, 15) is 9.59 Å². The summed E-state index contributed by atoms with van der Waals surface area (Å²) in [4.78, 5) is 23.4. The van der Waals surface area contributed by atoms with E-state index >= 15 is 0 Å². The molecule has 0 aliphatic heterocycles. The van der Waals surface area contributed by atoms with Crippen molar-refractivity contribution in [3.63, 3.8) is 0 Å². The Morgan fingerprint density at radius 2 is 1.62 bits per heavy atom. The Kier molecular flexibility index (Phi) is 6.74. The molecular weight excluding hydrogens is 421 g/mol. The molecule has 24 heavy (non-hydrogen) atoms. The van der Waals surface area contributed by atoms with Gasteiger partial charge >= 0.3 is 0 Å². The van der Waals surface area contributed by atoms with Gasteiger partial charge in [0.05, 0.1) is 6.21 Å². The van der Waals surface area contributed by atoms with Gasteiger partial charge in [0.25, 0.3) is 0 Å². The Labute approximate surface area is 153 Å². The van der Waals surface area contributed by atoms with E-state index in [0.717, 1.165) is 9.13 Å². The maximum absolute atomic E-state index is 11.8. The molecule has 0 radical (unpaired) electrons. The molecule has 3 N–H and O–H groups in total. The van der Waals surface area contributed by atoms with Gasteiger partial charge in [-0.05, 0) is 76.7 Å². The van der Waals surface area contributed by atoms with Crippen LogP contribution >= 0.6 is 22.6 Å². The van der Waals surface area contributed by atoms with E-state index in [2.05, 4.69) is 38.4 Å². The topological polar surface area (TPSA) is 90.8 Å². The highest BCUT2D eigenvalue weighted by molar-refractivity contribution is 14.1. The molecule has 0 bridgehead atoms. The number of hydrazone groups is 1.